The van der Waals surface area contributed by atoms with E-state index in [-0.39, 0.29) is 41.4 Å². The molecule has 10 heteroatoms. The molecule has 1 aromatic heterocycles. The molecule has 3 aromatic rings. The van der Waals surface area contributed by atoms with Gasteiger partial charge in [-0.2, -0.15) is 0 Å². The smallest absolute Gasteiger partial charge is 0.245 e. The molecule has 0 spiro atoms. The van der Waals surface area contributed by atoms with Crippen LogP contribution in [0.3, 0.4) is 0 Å². The third-order valence-electron chi connectivity index (χ3n) is 10.7. The topological polar surface area (TPSA) is 106 Å². The van der Waals surface area contributed by atoms with Gasteiger partial charge in [-0.05, 0) is 73.6 Å². The van der Waals surface area contributed by atoms with Crippen LogP contribution in [0.25, 0.3) is 10.9 Å². The number of alkyl halides is 1. The van der Waals surface area contributed by atoms with Crippen LogP contribution in [0.5, 0.6) is 0 Å². The van der Waals surface area contributed by atoms with Gasteiger partial charge in [0, 0.05) is 58.9 Å². The number of likely N-dealkylation sites (tertiary alicyclic amines) is 1. The van der Waals surface area contributed by atoms with E-state index >= 15 is 0 Å². The first kappa shape index (κ1) is 30.9. The number of aliphatic hydroxyl groups is 1. The number of halogens is 2. The number of nitrogens with zero attached hydrogens (tertiary/aromatic N) is 2. The maximum Gasteiger partial charge on any atom is 0.245 e. The molecule has 2 aromatic carbocycles. The van der Waals surface area contributed by atoms with E-state index in [9.17, 15) is 19.5 Å². The molecule has 45 heavy (non-hydrogen) atoms. The first-order valence-corrected chi connectivity index (χ1v) is 17.6. The van der Waals surface area contributed by atoms with E-state index in [0.29, 0.717) is 18.4 Å². The van der Waals surface area contributed by atoms with E-state index < -0.39 is 23.6 Å². The fourth-order valence-corrected chi connectivity index (χ4v) is 11.1. The van der Waals surface area contributed by atoms with Crippen LogP contribution >= 0.6 is 31.9 Å². The zero-order valence-electron chi connectivity index (χ0n) is 25.5. The Morgan fingerprint density at radius 3 is 2.49 bits per heavy atom. The highest BCUT2D eigenvalue weighted by Crippen LogP contribution is 2.65. The molecule has 8 nitrogen and oxygen atoms in total. The van der Waals surface area contributed by atoms with Gasteiger partial charge in [0.1, 0.15) is 12.1 Å². The number of β-amino-alcohol motifs (C(OH)–C–C–N with tert-alkyl or cyclic N) is 1. The molecular weight excluding hydrogens is 700 g/mol. The van der Waals surface area contributed by atoms with E-state index in [1.54, 1.807) is 16.8 Å². The molecule has 1 aliphatic heterocycles. The Morgan fingerprint density at radius 1 is 1.04 bits per heavy atom. The number of nitrogens with one attached hydrogen (secondary N) is 2. The van der Waals surface area contributed by atoms with Crippen molar-refractivity contribution < 1.29 is 19.5 Å². The number of amides is 3. The summed E-state index contributed by atoms with van der Waals surface area (Å²) in [5.41, 5.74) is 2.36. The van der Waals surface area contributed by atoms with Gasteiger partial charge in [-0.15, -0.1) is 0 Å². The molecular formula is C35H40Br2N4O4. The van der Waals surface area contributed by atoms with E-state index in [1.165, 1.54) is 6.42 Å². The molecule has 5 fully saturated rings. The number of carbonyl (C=O) groups excluding carboxylic acids is 3. The summed E-state index contributed by atoms with van der Waals surface area (Å²) >= 11 is 7.60. The number of aromatic nitrogens is 1. The second kappa shape index (κ2) is 11.8. The number of rotatable bonds is 8. The lowest BCUT2D eigenvalue weighted by Gasteiger charge is -2.60. The Hall–Kier alpha value is -2.69. The van der Waals surface area contributed by atoms with Crippen molar-refractivity contribution in [3.8, 4) is 0 Å². The summed E-state index contributed by atoms with van der Waals surface area (Å²) in [5.74, 6) is 0.442. The van der Waals surface area contributed by atoms with Crippen molar-refractivity contribution in [1.29, 1.82) is 0 Å². The van der Waals surface area contributed by atoms with Gasteiger partial charge in [0.25, 0.3) is 0 Å². The molecule has 4 saturated carbocycles. The summed E-state index contributed by atoms with van der Waals surface area (Å²) in [5, 5.41) is 14.8. The van der Waals surface area contributed by atoms with E-state index in [0.717, 1.165) is 58.6 Å². The average Bonchev–Trinajstić information content (AvgIpc) is 3.59. The van der Waals surface area contributed by atoms with Crippen molar-refractivity contribution >= 4 is 60.5 Å². The highest BCUT2D eigenvalue weighted by Gasteiger charge is 2.61. The minimum atomic E-state index is -0.857. The molecule has 238 valence electrons. The Bertz CT molecular complexity index is 1630. The molecule has 5 atom stereocenters. The number of para-hydroxylation sites is 1. The lowest BCUT2D eigenvalue weighted by Crippen LogP contribution is -2.61. The van der Waals surface area contributed by atoms with Crippen LogP contribution in [0.4, 0.5) is 0 Å². The largest absolute Gasteiger partial charge is 0.391 e. The monoisotopic (exact) mass is 738 g/mol. The van der Waals surface area contributed by atoms with Gasteiger partial charge in [-0.3, -0.25) is 14.4 Å². The SMILES string of the molecule is CN(Cc1ccccc1Br)C(=O)C(Cc1c[nH]c2ccccc12)NC(=O)C1CC(O)CN1C(=O)C12CC3CC(CC(Br)(C3)C1)C2. The number of benzene rings is 2. The molecule has 5 aliphatic rings. The van der Waals surface area contributed by atoms with Crippen LogP contribution in [0.15, 0.2) is 59.2 Å². The predicted octanol–water partition coefficient (Wildman–Crippen LogP) is 5.31. The predicted molar refractivity (Wildman–Crippen MR) is 179 cm³/mol. The average molecular weight is 741 g/mol. The Morgan fingerprint density at radius 2 is 1.76 bits per heavy atom. The standard InChI is InChI=1S/C35H40Br2N4O4/c1-40(18-23-6-2-4-8-27(23)36)32(44)29(11-24-17-38-28-9-5-3-7-26(24)28)39-31(43)30-12-25(42)19-41(30)33(45)34-13-21-10-22(14-34)16-35(37,15-21)20-34/h2-9,17,21-22,25,29-30,38,42H,10-16,18-20H2,1H3,(H,39,43). The minimum absolute atomic E-state index is 0.00197. The Labute approximate surface area is 280 Å². The molecule has 4 bridgehead atoms. The third kappa shape index (κ3) is 5.87. The number of aromatic amines is 1. The molecule has 3 N–H and O–H groups in total. The minimum Gasteiger partial charge on any atom is -0.391 e. The fourth-order valence-electron chi connectivity index (χ4n) is 9.21. The molecule has 3 amide bonds. The lowest BCUT2D eigenvalue weighted by atomic mass is 9.49. The third-order valence-corrected chi connectivity index (χ3v) is 12.4. The van der Waals surface area contributed by atoms with Crippen LogP contribution in [-0.2, 0) is 27.3 Å². The first-order valence-electron chi connectivity index (χ1n) is 16.0. The van der Waals surface area contributed by atoms with Crippen LogP contribution in [0.2, 0.25) is 0 Å². The van der Waals surface area contributed by atoms with Crippen molar-refractivity contribution in [1.82, 2.24) is 20.1 Å². The van der Waals surface area contributed by atoms with Crippen molar-refractivity contribution in [2.24, 2.45) is 17.3 Å². The molecule has 1 saturated heterocycles. The van der Waals surface area contributed by atoms with E-state index in [4.69, 9.17) is 0 Å². The summed E-state index contributed by atoms with van der Waals surface area (Å²) in [6.07, 6.45) is 7.47. The maximum atomic E-state index is 14.4. The number of likely N-dealkylation sites (N-methyl/N-ethyl adjacent to an activating group) is 1. The van der Waals surface area contributed by atoms with Crippen molar-refractivity contribution in [3.63, 3.8) is 0 Å². The summed E-state index contributed by atoms with van der Waals surface area (Å²) in [6, 6.07) is 14.0. The zero-order valence-corrected chi connectivity index (χ0v) is 28.6. The van der Waals surface area contributed by atoms with Crippen LogP contribution < -0.4 is 5.32 Å². The first-order chi connectivity index (χ1) is 21.5. The van der Waals surface area contributed by atoms with Crippen LogP contribution in [0.1, 0.15) is 56.1 Å². The van der Waals surface area contributed by atoms with Crippen molar-refractivity contribution in [2.45, 2.75) is 80.4 Å². The molecule has 4 aliphatic carbocycles. The van der Waals surface area contributed by atoms with Gasteiger partial charge in [0.05, 0.1) is 11.5 Å². The quantitative estimate of drug-likeness (QED) is 0.273. The van der Waals surface area contributed by atoms with Gasteiger partial charge < -0.3 is 25.2 Å². The number of hydrogen-bond acceptors (Lipinski definition) is 4. The highest BCUT2D eigenvalue weighted by atomic mass is 79.9. The van der Waals surface area contributed by atoms with Gasteiger partial charge in [0.2, 0.25) is 17.7 Å². The number of fused-ring (bicyclic) bond motifs is 1. The number of aliphatic hydroxyl groups excluding tert-OH is 1. The molecule has 2 heterocycles. The maximum absolute atomic E-state index is 14.4. The highest BCUT2D eigenvalue weighted by molar-refractivity contribution is 9.10. The number of carbonyl (C=O) groups is 3. The van der Waals surface area contributed by atoms with E-state index in [1.807, 2.05) is 54.7 Å². The fraction of sp³-hybridized carbons (Fsp3) is 0.514. The van der Waals surface area contributed by atoms with Crippen LogP contribution in [-0.4, -0.2) is 73.7 Å². The molecule has 5 unspecified atom stereocenters. The second-order valence-electron chi connectivity index (χ2n) is 14.2. The van der Waals surface area contributed by atoms with Crippen molar-refractivity contribution in [2.75, 3.05) is 13.6 Å². The zero-order chi connectivity index (χ0) is 31.5. The summed E-state index contributed by atoms with van der Waals surface area (Å²) in [4.78, 5) is 49.1. The summed E-state index contributed by atoms with van der Waals surface area (Å²) in [6.45, 7) is 0.513. The Balaban J connectivity index is 1.14. The van der Waals surface area contributed by atoms with Gasteiger partial charge in [0.15, 0.2) is 0 Å². The number of H-pyrrole nitrogens is 1. The normalized spacial score (nSPS) is 30.9. The second-order valence-corrected chi connectivity index (χ2v) is 16.7. The van der Waals surface area contributed by atoms with Gasteiger partial charge in [-0.25, -0.2) is 0 Å². The summed E-state index contributed by atoms with van der Waals surface area (Å²) < 4.78 is 0.906. The lowest BCUT2D eigenvalue weighted by molar-refractivity contribution is -0.159. The van der Waals surface area contributed by atoms with Gasteiger partial charge in [-0.1, -0.05) is 68.3 Å². The van der Waals surface area contributed by atoms with Gasteiger partial charge >= 0.3 is 0 Å². The van der Waals surface area contributed by atoms with Crippen LogP contribution in [0, 0.1) is 17.3 Å². The summed E-state index contributed by atoms with van der Waals surface area (Å²) in [7, 11) is 1.74. The molecule has 8 rings (SSSR count). The van der Waals surface area contributed by atoms with E-state index in [2.05, 4.69) is 42.2 Å². The Kier molecular flexibility index (Phi) is 8.14. The van der Waals surface area contributed by atoms with Crippen molar-refractivity contribution in [3.05, 3.63) is 70.3 Å². The number of hydrogen-bond donors (Lipinski definition) is 3. The molecule has 0 radical (unpaired) electrons.